The number of hydrogen-bond donors (Lipinski definition) is 2. The van der Waals surface area contributed by atoms with Crippen LogP contribution >= 0.6 is 11.6 Å². The Bertz CT molecular complexity index is 2430. The van der Waals surface area contributed by atoms with Crippen molar-refractivity contribution < 1.29 is 69.4 Å². The van der Waals surface area contributed by atoms with Crippen LogP contribution in [0.1, 0.15) is 135 Å². The highest BCUT2D eigenvalue weighted by atomic mass is 35.5. The van der Waals surface area contributed by atoms with Crippen LogP contribution in [0.3, 0.4) is 0 Å². The first-order valence-electron chi connectivity index (χ1n) is 29.3. The summed E-state index contributed by atoms with van der Waals surface area (Å²) in [5, 5.41) is 7.09. The highest BCUT2D eigenvalue weighted by Gasteiger charge is 2.33. The van der Waals surface area contributed by atoms with Gasteiger partial charge < -0.3 is 39.4 Å². The summed E-state index contributed by atoms with van der Waals surface area (Å²) in [6.45, 7) is 50.3. The standard InChI is InChI=1S/C16H25NO4S.C12H27NO2Si.C10H11ClO4S.C10H17NO5Si.2C6H15N/c1-12(2)17(13(3)4)16(18)21-10-11-22(19,20)15-8-6-14(5)7-9-15;1-10(2)13(11(3)4)12(14)15-8-9-16(5,6)7;1-8-2-4-9(5-3-8)16(13,14)7-6-15-10(11)12;1-17(2,3)7-6-15-10(14)16-11-8(12)4-5-9(11)13;2*1-5(2)7-6(3)4/h6-9,12-13H,10-11H2,1-5H3;10-11H,8-9H2,1-7H3;2-5H,6-7H2,1H3;4-7H2,1-3H3;2*5-7H,1-4H3. The fourth-order valence-electron chi connectivity index (χ4n) is 7.36. The summed E-state index contributed by atoms with van der Waals surface area (Å²) >= 11 is 4.92. The Kier molecular flexibility index (Phi) is 42.1. The summed E-state index contributed by atoms with van der Waals surface area (Å²) in [5.74, 6) is -1.49. The number of imide groups is 1. The number of nitrogens with one attached hydrogen (secondary N) is 2. The van der Waals surface area contributed by atoms with Crippen LogP contribution in [0.25, 0.3) is 0 Å². The first kappa shape index (κ1) is 84.6. The molecule has 0 aliphatic carbocycles. The minimum Gasteiger partial charge on any atom is -0.453 e. The Morgan fingerprint density at radius 3 is 1.04 bits per heavy atom. The maximum absolute atomic E-state index is 12.2. The maximum Gasteiger partial charge on any atom is 0.533 e. The lowest BCUT2D eigenvalue weighted by molar-refractivity contribution is -0.176. The predicted molar refractivity (Wildman–Crippen MR) is 347 cm³/mol. The smallest absolute Gasteiger partial charge is 0.453 e. The molecular formula is C60H110ClN5O15S2Si2. The van der Waals surface area contributed by atoms with Crippen LogP contribution in [-0.4, -0.2) is 170 Å². The number of sulfone groups is 2. The second kappa shape index (κ2) is 42.3. The number of carbonyl (C=O) groups is 6. The molecule has 2 aromatic carbocycles. The number of hydrogen-bond acceptors (Lipinski definition) is 17. The van der Waals surface area contributed by atoms with Gasteiger partial charge in [-0.1, -0.05) is 135 Å². The lowest BCUT2D eigenvalue weighted by atomic mass is 10.2. The number of amides is 4. The van der Waals surface area contributed by atoms with E-state index in [4.69, 9.17) is 25.8 Å². The van der Waals surface area contributed by atoms with Crippen LogP contribution in [0.4, 0.5) is 19.2 Å². The molecule has 0 bridgehead atoms. The molecule has 492 valence electrons. The molecule has 1 aliphatic heterocycles. The van der Waals surface area contributed by atoms with Crippen LogP contribution in [0, 0.1) is 13.8 Å². The minimum absolute atomic E-state index is 0.00112. The summed E-state index contributed by atoms with van der Waals surface area (Å²) in [5.41, 5.74) is 0.972. The zero-order chi connectivity index (χ0) is 66.8. The van der Waals surface area contributed by atoms with Gasteiger partial charge in [-0.15, -0.1) is 0 Å². The molecule has 1 aliphatic rings. The summed E-state index contributed by atoms with van der Waals surface area (Å²) in [6, 6.07) is 17.8. The van der Waals surface area contributed by atoms with Crippen LogP contribution < -0.4 is 10.6 Å². The lowest BCUT2D eigenvalue weighted by Gasteiger charge is -2.30. The van der Waals surface area contributed by atoms with Crippen molar-refractivity contribution in [1.82, 2.24) is 25.5 Å². The van der Waals surface area contributed by atoms with Crippen molar-refractivity contribution in [3.05, 3.63) is 59.7 Å². The van der Waals surface area contributed by atoms with Crippen molar-refractivity contribution in [1.29, 1.82) is 0 Å². The average Bonchev–Trinajstić information content (AvgIpc) is 3.83. The SMILES string of the molecule is CC(C)N(C(=O)OCC[Si](C)(C)C)C(C)C.CC(C)NC(C)C.CC(C)NC(C)C.C[Si](C)(C)CCOC(=O)ON1C(=O)CCC1=O.Cc1ccc(S(=O)(=O)CCOC(=O)Cl)cc1.Cc1ccc(S(=O)(=O)CCOC(=O)N(C(C)C)C(C)C)cc1. The topological polar surface area (TPSA) is 251 Å². The fourth-order valence-corrected chi connectivity index (χ4v) is 11.0. The van der Waals surface area contributed by atoms with E-state index >= 15 is 0 Å². The van der Waals surface area contributed by atoms with E-state index in [1.165, 1.54) is 12.1 Å². The van der Waals surface area contributed by atoms with Crippen molar-refractivity contribution in [2.24, 2.45) is 0 Å². The van der Waals surface area contributed by atoms with Gasteiger partial charge in [0.1, 0.15) is 13.2 Å². The van der Waals surface area contributed by atoms with Crippen molar-refractivity contribution in [3.8, 4) is 0 Å². The second-order valence-electron chi connectivity index (χ2n) is 25.1. The summed E-state index contributed by atoms with van der Waals surface area (Å²) in [4.78, 5) is 75.9. The molecule has 2 aromatic rings. The largest absolute Gasteiger partial charge is 0.533 e. The van der Waals surface area contributed by atoms with Gasteiger partial charge >= 0.3 is 23.8 Å². The molecule has 0 unspecified atom stereocenters. The fraction of sp³-hybridized carbons (Fsp3) is 0.700. The zero-order valence-electron chi connectivity index (χ0n) is 56.0. The first-order chi connectivity index (χ1) is 38.8. The van der Waals surface area contributed by atoms with Crippen molar-refractivity contribution >= 4 is 83.0 Å². The summed E-state index contributed by atoms with van der Waals surface area (Å²) in [7, 11) is -9.23. The second-order valence-corrected chi connectivity index (χ2v) is 40.9. The molecule has 85 heavy (non-hydrogen) atoms. The van der Waals surface area contributed by atoms with Gasteiger partial charge in [-0.25, -0.2) is 36.0 Å². The third-order valence-corrected chi connectivity index (χ3v) is 18.1. The molecule has 0 radical (unpaired) electrons. The van der Waals surface area contributed by atoms with Crippen LogP contribution in [0.15, 0.2) is 58.3 Å². The van der Waals surface area contributed by atoms with Gasteiger partial charge in [-0.3, -0.25) is 14.4 Å². The minimum atomic E-state index is -3.43. The number of hydroxylamine groups is 2. The third kappa shape index (κ3) is 43.6. The first-order valence-corrected chi connectivity index (χ1v) is 40.4. The molecule has 1 fully saturated rings. The Balaban J connectivity index is -0.000000986. The molecule has 2 N–H and O–H groups in total. The van der Waals surface area contributed by atoms with Crippen molar-refractivity contribution in [2.45, 2.75) is 247 Å². The van der Waals surface area contributed by atoms with Crippen LogP contribution in [0.2, 0.25) is 51.4 Å². The Morgan fingerprint density at radius 1 is 0.494 bits per heavy atom. The Labute approximate surface area is 519 Å². The maximum atomic E-state index is 12.2. The molecule has 3 rings (SSSR count). The van der Waals surface area contributed by atoms with Gasteiger partial charge in [-0.2, -0.15) is 0 Å². The molecule has 20 nitrogen and oxygen atoms in total. The quantitative estimate of drug-likeness (QED) is 0.0345. The predicted octanol–water partition coefficient (Wildman–Crippen LogP) is 13.1. The lowest BCUT2D eigenvalue weighted by Crippen LogP contribution is -2.42. The van der Waals surface area contributed by atoms with E-state index in [0.29, 0.717) is 35.8 Å². The highest BCUT2D eigenvalue weighted by Crippen LogP contribution is 2.17. The molecule has 0 spiro atoms. The van der Waals surface area contributed by atoms with Gasteiger partial charge in [-0.05, 0) is 106 Å². The third-order valence-electron chi connectivity index (χ3n) is 11.2. The molecule has 0 atom stereocenters. The van der Waals surface area contributed by atoms with Gasteiger partial charge in [0.25, 0.3) is 11.8 Å². The van der Waals surface area contributed by atoms with Gasteiger partial charge in [0, 0.05) is 88.9 Å². The number of ether oxygens (including phenoxy) is 4. The van der Waals surface area contributed by atoms with Crippen LogP contribution in [-0.2, 0) is 53.0 Å². The number of aryl methyl sites for hydroxylation is 2. The van der Waals surface area contributed by atoms with Crippen LogP contribution in [0.5, 0.6) is 0 Å². The van der Waals surface area contributed by atoms with E-state index in [-0.39, 0.29) is 84.2 Å². The van der Waals surface area contributed by atoms with E-state index in [1.807, 2.05) is 69.2 Å². The average molecular weight is 1300 g/mol. The monoisotopic (exact) mass is 1300 g/mol. The zero-order valence-corrected chi connectivity index (χ0v) is 60.4. The van der Waals surface area contributed by atoms with E-state index < -0.39 is 65.3 Å². The van der Waals surface area contributed by atoms with E-state index in [9.17, 15) is 45.6 Å². The van der Waals surface area contributed by atoms with Gasteiger partial charge in [0.05, 0.1) is 34.5 Å². The number of benzene rings is 2. The molecular weight excluding hydrogens is 1190 g/mol. The van der Waals surface area contributed by atoms with Crippen molar-refractivity contribution in [3.63, 3.8) is 0 Å². The molecule has 4 amide bonds. The molecule has 25 heteroatoms. The van der Waals surface area contributed by atoms with E-state index in [1.54, 1.807) is 46.2 Å². The molecule has 0 aromatic heterocycles. The summed E-state index contributed by atoms with van der Waals surface area (Å²) < 4.78 is 67.3. The number of carbonyl (C=O) groups excluding carboxylic acids is 6. The Morgan fingerprint density at radius 2 is 0.776 bits per heavy atom. The number of nitrogens with zero attached hydrogens (tertiary/aromatic N) is 3. The van der Waals surface area contributed by atoms with E-state index in [0.717, 1.165) is 23.2 Å². The summed E-state index contributed by atoms with van der Waals surface area (Å²) in [6.07, 6.45) is -1.48. The molecule has 1 heterocycles. The highest BCUT2D eigenvalue weighted by molar-refractivity contribution is 7.91. The van der Waals surface area contributed by atoms with Crippen molar-refractivity contribution in [2.75, 3.05) is 37.9 Å². The molecule has 1 saturated heterocycles. The number of rotatable bonds is 23. The van der Waals surface area contributed by atoms with E-state index in [2.05, 4.69) is 115 Å². The Hall–Kier alpha value is -4.60. The van der Waals surface area contributed by atoms with Gasteiger partial charge in [0.15, 0.2) is 19.7 Å². The number of halogens is 1. The molecule has 0 saturated carbocycles. The van der Waals surface area contributed by atoms with Gasteiger partial charge in [0.2, 0.25) is 0 Å². The normalized spacial score (nSPS) is 12.5.